The van der Waals surface area contributed by atoms with Crippen LogP contribution in [0.1, 0.15) is 17.3 Å². The number of rotatable bonds is 6. The summed E-state index contributed by atoms with van der Waals surface area (Å²) in [6, 6.07) is 16.5. The third kappa shape index (κ3) is 4.61. The number of amides is 1. The summed E-state index contributed by atoms with van der Waals surface area (Å²) in [5, 5.41) is 2.86. The average molecular weight is 285 g/mol. The van der Waals surface area contributed by atoms with Crippen LogP contribution in [-0.2, 0) is 4.74 Å². The Morgan fingerprint density at radius 3 is 2.29 bits per heavy atom. The van der Waals surface area contributed by atoms with E-state index in [9.17, 15) is 4.79 Å². The Morgan fingerprint density at radius 2 is 1.67 bits per heavy atom. The summed E-state index contributed by atoms with van der Waals surface area (Å²) in [7, 11) is 1.61. The number of carbonyl (C=O) groups excluding carboxylic acids is 1. The van der Waals surface area contributed by atoms with Crippen LogP contribution in [0.5, 0.6) is 11.5 Å². The van der Waals surface area contributed by atoms with Crippen LogP contribution in [0.4, 0.5) is 0 Å². The fraction of sp³-hybridized carbons (Fsp3) is 0.235. The zero-order valence-corrected chi connectivity index (χ0v) is 12.2. The minimum absolute atomic E-state index is 0.0252. The lowest BCUT2D eigenvalue weighted by molar-refractivity contribution is 0.0905. The van der Waals surface area contributed by atoms with E-state index in [1.807, 2.05) is 37.3 Å². The third-order valence-corrected chi connectivity index (χ3v) is 2.89. The largest absolute Gasteiger partial charge is 0.457 e. The summed E-state index contributed by atoms with van der Waals surface area (Å²) in [6.07, 6.45) is 0. The molecule has 0 saturated heterocycles. The quantitative estimate of drug-likeness (QED) is 0.886. The molecule has 0 bridgehead atoms. The molecule has 0 aromatic heterocycles. The van der Waals surface area contributed by atoms with E-state index in [1.165, 1.54) is 0 Å². The highest BCUT2D eigenvalue weighted by atomic mass is 16.5. The summed E-state index contributed by atoms with van der Waals surface area (Å²) < 4.78 is 10.7. The number of hydrogen-bond donors (Lipinski definition) is 1. The van der Waals surface area contributed by atoms with Gasteiger partial charge in [-0.15, -0.1) is 0 Å². The molecule has 21 heavy (non-hydrogen) atoms. The van der Waals surface area contributed by atoms with Gasteiger partial charge in [-0.1, -0.05) is 18.2 Å². The molecule has 1 N–H and O–H groups in total. The van der Waals surface area contributed by atoms with Crippen LogP contribution in [-0.4, -0.2) is 25.7 Å². The molecule has 1 amide bonds. The second-order valence-electron chi connectivity index (χ2n) is 4.77. The molecule has 0 saturated carbocycles. The van der Waals surface area contributed by atoms with Gasteiger partial charge in [0.15, 0.2) is 0 Å². The average Bonchev–Trinajstić information content (AvgIpc) is 2.49. The maximum absolute atomic E-state index is 12.0. The fourth-order valence-corrected chi connectivity index (χ4v) is 1.90. The van der Waals surface area contributed by atoms with Crippen LogP contribution in [0.15, 0.2) is 54.6 Å². The molecule has 0 radical (unpaired) electrons. The zero-order chi connectivity index (χ0) is 15.1. The standard InChI is InChI=1S/C17H19NO3/c1-13(12-20-2)18-17(19)14-8-10-16(11-9-14)21-15-6-4-3-5-7-15/h3-11,13H,12H2,1-2H3,(H,18,19)/t13-/m0/s1. The molecular weight excluding hydrogens is 266 g/mol. The summed E-state index contributed by atoms with van der Waals surface area (Å²) in [4.78, 5) is 12.0. The van der Waals surface area contributed by atoms with Crippen molar-refractivity contribution in [2.24, 2.45) is 0 Å². The first kappa shape index (κ1) is 15.1. The van der Waals surface area contributed by atoms with Crippen LogP contribution >= 0.6 is 0 Å². The Balaban J connectivity index is 1.97. The molecule has 0 aliphatic rings. The van der Waals surface area contributed by atoms with Crippen molar-refractivity contribution < 1.29 is 14.3 Å². The van der Waals surface area contributed by atoms with Gasteiger partial charge in [-0.2, -0.15) is 0 Å². The molecule has 2 aromatic rings. The molecule has 4 nitrogen and oxygen atoms in total. The summed E-state index contributed by atoms with van der Waals surface area (Å²) in [5.41, 5.74) is 0.596. The van der Waals surface area contributed by atoms with E-state index < -0.39 is 0 Å². The lowest BCUT2D eigenvalue weighted by Gasteiger charge is -2.13. The number of hydrogen-bond acceptors (Lipinski definition) is 3. The van der Waals surface area contributed by atoms with E-state index in [-0.39, 0.29) is 11.9 Å². The molecule has 1 atom stereocenters. The van der Waals surface area contributed by atoms with Gasteiger partial charge in [-0.3, -0.25) is 4.79 Å². The summed E-state index contributed by atoms with van der Waals surface area (Å²) in [6.45, 7) is 2.38. The van der Waals surface area contributed by atoms with Crippen LogP contribution in [0, 0.1) is 0 Å². The second kappa shape index (κ2) is 7.45. The first-order valence-electron chi connectivity index (χ1n) is 6.82. The monoisotopic (exact) mass is 285 g/mol. The maximum Gasteiger partial charge on any atom is 0.251 e. The highest BCUT2D eigenvalue weighted by molar-refractivity contribution is 5.94. The van der Waals surface area contributed by atoms with E-state index in [0.29, 0.717) is 17.9 Å². The summed E-state index contributed by atoms with van der Waals surface area (Å²) in [5.74, 6) is 1.34. The van der Waals surface area contributed by atoms with Crippen LogP contribution < -0.4 is 10.1 Å². The van der Waals surface area contributed by atoms with Crippen molar-refractivity contribution in [1.29, 1.82) is 0 Å². The normalized spacial score (nSPS) is 11.7. The predicted molar refractivity (Wildman–Crippen MR) is 81.8 cm³/mol. The van der Waals surface area contributed by atoms with Crippen molar-refractivity contribution in [3.8, 4) is 11.5 Å². The molecule has 0 aliphatic heterocycles. The maximum atomic E-state index is 12.0. The van der Waals surface area contributed by atoms with Crippen molar-refractivity contribution in [1.82, 2.24) is 5.32 Å². The topological polar surface area (TPSA) is 47.6 Å². The van der Waals surface area contributed by atoms with Gasteiger partial charge in [-0.25, -0.2) is 0 Å². The van der Waals surface area contributed by atoms with Gasteiger partial charge >= 0.3 is 0 Å². The number of nitrogens with one attached hydrogen (secondary N) is 1. The molecule has 0 aliphatic carbocycles. The van der Waals surface area contributed by atoms with Gasteiger partial charge in [-0.05, 0) is 43.3 Å². The van der Waals surface area contributed by atoms with Gasteiger partial charge in [0.25, 0.3) is 5.91 Å². The van der Waals surface area contributed by atoms with Crippen LogP contribution in [0.2, 0.25) is 0 Å². The Kier molecular flexibility index (Phi) is 5.35. The fourth-order valence-electron chi connectivity index (χ4n) is 1.90. The van der Waals surface area contributed by atoms with Crippen LogP contribution in [0.25, 0.3) is 0 Å². The first-order chi connectivity index (χ1) is 10.2. The summed E-state index contributed by atoms with van der Waals surface area (Å²) >= 11 is 0. The highest BCUT2D eigenvalue weighted by Crippen LogP contribution is 2.21. The molecule has 0 unspecified atom stereocenters. The van der Waals surface area contributed by atoms with Crippen LogP contribution in [0.3, 0.4) is 0 Å². The van der Waals surface area contributed by atoms with Crippen molar-refractivity contribution in [2.45, 2.75) is 13.0 Å². The van der Waals surface area contributed by atoms with E-state index in [1.54, 1.807) is 31.4 Å². The van der Waals surface area contributed by atoms with Gasteiger partial charge in [0, 0.05) is 18.7 Å². The number of ether oxygens (including phenoxy) is 2. The Hall–Kier alpha value is -2.33. The Bertz CT molecular complexity index is 566. The lowest BCUT2D eigenvalue weighted by atomic mass is 10.2. The van der Waals surface area contributed by atoms with Gasteiger partial charge in [0.05, 0.1) is 6.61 Å². The highest BCUT2D eigenvalue weighted by Gasteiger charge is 2.09. The minimum Gasteiger partial charge on any atom is -0.457 e. The minimum atomic E-state index is -0.120. The zero-order valence-electron chi connectivity index (χ0n) is 12.2. The second-order valence-corrected chi connectivity index (χ2v) is 4.77. The molecule has 2 rings (SSSR count). The molecule has 2 aromatic carbocycles. The Morgan fingerprint density at radius 1 is 1.05 bits per heavy atom. The van der Waals surface area contributed by atoms with E-state index in [2.05, 4.69) is 5.32 Å². The first-order valence-corrected chi connectivity index (χ1v) is 6.82. The van der Waals surface area contributed by atoms with Gasteiger partial charge in [0.1, 0.15) is 11.5 Å². The van der Waals surface area contributed by atoms with Crippen molar-refractivity contribution in [3.63, 3.8) is 0 Å². The molecule has 0 heterocycles. The number of para-hydroxylation sites is 1. The molecule has 0 spiro atoms. The van der Waals surface area contributed by atoms with Crippen molar-refractivity contribution in [3.05, 3.63) is 60.2 Å². The molecular formula is C17H19NO3. The number of methoxy groups -OCH3 is 1. The third-order valence-electron chi connectivity index (χ3n) is 2.89. The molecule has 110 valence electrons. The Labute approximate surface area is 124 Å². The van der Waals surface area contributed by atoms with E-state index in [4.69, 9.17) is 9.47 Å². The SMILES string of the molecule is COC[C@H](C)NC(=O)c1ccc(Oc2ccccc2)cc1. The number of benzene rings is 2. The molecule has 0 fully saturated rings. The van der Waals surface area contributed by atoms with Crippen molar-refractivity contribution in [2.75, 3.05) is 13.7 Å². The molecule has 4 heteroatoms. The van der Waals surface area contributed by atoms with Gasteiger partial charge in [0.2, 0.25) is 0 Å². The van der Waals surface area contributed by atoms with E-state index >= 15 is 0 Å². The number of carbonyl (C=O) groups is 1. The lowest BCUT2D eigenvalue weighted by Crippen LogP contribution is -2.35. The van der Waals surface area contributed by atoms with E-state index in [0.717, 1.165) is 5.75 Å². The van der Waals surface area contributed by atoms with Gasteiger partial charge < -0.3 is 14.8 Å². The van der Waals surface area contributed by atoms with Crippen molar-refractivity contribution >= 4 is 5.91 Å². The predicted octanol–water partition coefficient (Wildman–Crippen LogP) is 3.24. The smallest absolute Gasteiger partial charge is 0.251 e.